The molecular weight excluding hydrogens is 306 g/mol. The molecule has 1 unspecified atom stereocenters. The molecule has 1 atom stereocenters. The summed E-state index contributed by atoms with van der Waals surface area (Å²) in [6.45, 7) is 3.48. The Balaban J connectivity index is 0.00000192. The summed E-state index contributed by atoms with van der Waals surface area (Å²) in [5.41, 5.74) is 0.512. The molecule has 0 radical (unpaired) electrons. The van der Waals surface area contributed by atoms with E-state index in [1.165, 1.54) is 64.5 Å². The Morgan fingerprint density at radius 2 is 1.52 bits per heavy atom. The van der Waals surface area contributed by atoms with E-state index >= 15 is 0 Å². The van der Waals surface area contributed by atoms with Crippen LogP contribution in [0.15, 0.2) is 30.3 Å². The molecule has 130 valence electrons. The number of aliphatic hydroxyl groups is 1. The van der Waals surface area contributed by atoms with E-state index in [1.807, 2.05) is 0 Å². The van der Waals surface area contributed by atoms with Crippen LogP contribution in [0.4, 0.5) is 0 Å². The summed E-state index contributed by atoms with van der Waals surface area (Å²) in [5.74, 6) is 0.438. The van der Waals surface area contributed by atoms with Crippen LogP contribution in [0.2, 0.25) is 0 Å². The molecule has 23 heavy (non-hydrogen) atoms. The largest absolute Gasteiger partial charge is 1.00 e. The van der Waals surface area contributed by atoms with E-state index in [-0.39, 0.29) is 12.4 Å². The third kappa shape index (κ3) is 4.71. The first-order valence-electron chi connectivity index (χ1n) is 9.29. The lowest BCUT2D eigenvalue weighted by atomic mass is 9.71. The monoisotopic (exact) mass is 336 g/mol. The second-order valence-corrected chi connectivity index (χ2v) is 7.28. The molecule has 2 aliphatic rings. The molecule has 2 fully saturated rings. The van der Waals surface area contributed by atoms with Crippen LogP contribution in [0.3, 0.4) is 0 Å². The molecule has 3 rings (SSSR count). The van der Waals surface area contributed by atoms with Crippen LogP contribution in [0.1, 0.15) is 63.4 Å². The fourth-order valence-corrected chi connectivity index (χ4v) is 4.40. The predicted octanol–water partition coefficient (Wildman–Crippen LogP) is 1.33. The molecule has 0 spiro atoms. The molecule has 2 nitrogen and oxygen atoms in total. The first-order valence-corrected chi connectivity index (χ1v) is 9.29. The zero-order valence-corrected chi connectivity index (χ0v) is 15.0. The van der Waals surface area contributed by atoms with Gasteiger partial charge in [0.25, 0.3) is 0 Å². The van der Waals surface area contributed by atoms with Gasteiger partial charge in [0, 0.05) is 6.54 Å². The van der Waals surface area contributed by atoms with Gasteiger partial charge in [-0.1, -0.05) is 56.0 Å². The Morgan fingerprint density at radius 3 is 2.17 bits per heavy atom. The summed E-state index contributed by atoms with van der Waals surface area (Å²) in [7, 11) is 0. The molecule has 1 saturated heterocycles. The Bertz CT molecular complexity index is 440. The Morgan fingerprint density at radius 1 is 0.913 bits per heavy atom. The second kappa shape index (κ2) is 9.05. The first-order chi connectivity index (χ1) is 10.8. The lowest BCUT2D eigenvalue weighted by molar-refractivity contribution is -0.0528. The van der Waals surface area contributed by atoms with Crippen molar-refractivity contribution in [3.05, 3.63) is 35.9 Å². The maximum Gasteiger partial charge on any atom is 0.0936 e. The smallest absolute Gasteiger partial charge is 0.0936 e. The van der Waals surface area contributed by atoms with Crippen molar-refractivity contribution in [2.75, 3.05) is 19.6 Å². The number of rotatable bonds is 5. The lowest BCUT2D eigenvalue weighted by Gasteiger charge is -2.40. The van der Waals surface area contributed by atoms with Gasteiger partial charge in [-0.3, -0.25) is 0 Å². The van der Waals surface area contributed by atoms with Gasteiger partial charge in [-0.15, -0.1) is 0 Å². The first kappa shape index (κ1) is 18.8. The van der Waals surface area contributed by atoms with Crippen LogP contribution < -0.4 is 12.4 Å². The highest BCUT2D eigenvalue weighted by molar-refractivity contribution is 5.23. The van der Waals surface area contributed by atoms with Gasteiger partial charge in [-0.25, -0.2) is 0 Å². The van der Waals surface area contributed by atoms with Gasteiger partial charge < -0.3 is 22.4 Å². The van der Waals surface area contributed by atoms with E-state index in [0.29, 0.717) is 5.92 Å². The molecule has 0 amide bonds. The van der Waals surface area contributed by atoms with E-state index in [4.69, 9.17) is 0 Å². The van der Waals surface area contributed by atoms with Crippen LogP contribution in [0.5, 0.6) is 0 Å². The van der Waals surface area contributed by atoms with Gasteiger partial charge >= 0.3 is 0 Å². The molecule has 1 aliphatic carbocycles. The van der Waals surface area contributed by atoms with Gasteiger partial charge in [0.15, 0.2) is 0 Å². The molecule has 0 bridgehead atoms. The lowest BCUT2D eigenvalue weighted by Crippen LogP contribution is -3.00. The molecule has 1 N–H and O–H groups in total. The fraction of sp³-hybridized carbons (Fsp3) is 0.700. The van der Waals surface area contributed by atoms with Crippen molar-refractivity contribution in [2.24, 2.45) is 5.92 Å². The molecular formula is C20H31ClNO-. The fourth-order valence-electron chi connectivity index (χ4n) is 4.40. The minimum absolute atomic E-state index is 0. The van der Waals surface area contributed by atoms with Gasteiger partial charge in [-0.05, 0) is 56.7 Å². The normalized spacial score (nSPS) is 23.0. The Kier molecular flexibility index (Phi) is 7.39. The quantitative estimate of drug-likeness (QED) is 0.877. The third-order valence-corrected chi connectivity index (χ3v) is 5.81. The highest BCUT2D eigenvalue weighted by Gasteiger charge is 2.38. The summed E-state index contributed by atoms with van der Waals surface area (Å²) in [5, 5.41) is 11.6. The van der Waals surface area contributed by atoms with Crippen molar-refractivity contribution in [3.8, 4) is 0 Å². The number of hydrogen-bond acceptors (Lipinski definition) is 2. The van der Waals surface area contributed by atoms with Crippen molar-refractivity contribution in [2.45, 2.75) is 63.4 Å². The third-order valence-electron chi connectivity index (χ3n) is 5.81. The van der Waals surface area contributed by atoms with E-state index in [1.54, 1.807) is 0 Å². The van der Waals surface area contributed by atoms with Crippen molar-refractivity contribution in [1.82, 2.24) is 4.90 Å². The molecule has 1 aromatic rings. The van der Waals surface area contributed by atoms with E-state index in [0.717, 1.165) is 18.5 Å². The highest BCUT2D eigenvalue weighted by Crippen LogP contribution is 2.41. The molecule has 1 saturated carbocycles. The van der Waals surface area contributed by atoms with Crippen molar-refractivity contribution in [1.29, 1.82) is 0 Å². The second-order valence-electron chi connectivity index (χ2n) is 7.28. The molecule has 0 aromatic heterocycles. The number of halogens is 1. The van der Waals surface area contributed by atoms with Crippen molar-refractivity contribution >= 4 is 0 Å². The average molecular weight is 337 g/mol. The van der Waals surface area contributed by atoms with Crippen LogP contribution in [-0.4, -0.2) is 29.6 Å². The molecule has 1 aliphatic heterocycles. The maximum absolute atomic E-state index is 11.6. The number of benzene rings is 1. The van der Waals surface area contributed by atoms with Gasteiger partial charge in [-0.2, -0.15) is 0 Å². The summed E-state index contributed by atoms with van der Waals surface area (Å²) >= 11 is 0. The van der Waals surface area contributed by atoms with Crippen LogP contribution in [-0.2, 0) is 5.60 Å². The molecule has 1 aromatic carbocycles. The number of nitrogens with zero attached hydrogens (tertiary/aromatic N) is 1. The van der Waals surface area contributed by atoms with Crippen LogP contribution in [0.25, 0.3) is 0 Å². The maximum atomic E-state index is 11.6. The average Bonchev–Trinajstić information content (AvgIpc) is 2.62. The van der Waals surface area contributed by atoms with Gasteiger partial charge in [0.05, 0.1) is 5.60 Å². The zero-order chi connectivity index (χ0) is 15.3. The minimum atomic E-state index is -0.626. The number of piperidine rings is 1. The zero-order valence-electron chi connectivity index (χ0n) is 14.2. The number of likely N-dealkylation sites (tertiary alicyclic amines) is 1. The van der Waals surface area contributed by atoms with E-state index in [2.05, 4.69) is 35.2 Å². The molecule has 1 heterocycles. The summed E-state index contributed by atoms with van der Waals surface area (Å²) in [6.07, 6.45) is 11.2. The van der Waals surface area contributed by atoms with Crippen LogP contribution in [0, 0.1) is 5.92 Å². The summed E-state index contributed by atoms with van der Waals surface area (Å²) < 4.78 is 0. The van der Waals surface area contributed by atoms with Crippen molar-refractivity contribution < 1.29 is 17.5 Å². The predicted molar refractivity (Wildman–Crippen MR) is 91.8 cm³/mol. The van der Waals surface area contributed by atoms with Crippen molar-refractivity contribution in [3.63, 3.8) is 0 Å². The summed E-state index contributed by atoms with van der Waals surface area (Å²) in [4.78, 5) is 2.56. The van der Waals surface area contributed by atoms with Gasteiger partial charge in [0.2, 0.25) is 0 Å². The Labute approximate surface area is 147 Å². The van der Waals surface area contributed by atoms with E-state index < -0.39 is 5.60 Å². The topological polar surface area (TPSA) is 23.5 Å². The van der Waals surface area contributed by atoms with E-state index in [9.17, 15) is 5.11 Å². The molecule has 3 heteroatoms. The van der Waals surface area contributed by atoms with Gasteiger partial charge in [0.1, 0.15) is 0 Å². The number of hydrogen-bond donors (Lipinski definition) is 1. The summed E-state index contributed by atoms with van der Waals surface area (Å²) in [6, 6.07) is 10.5. The standard InChI is InChI=1S/C20H31NO.ClH/c22-20(18-10-4-1-5-11-18,19-12-6-2-7-13-19)14-17-21-15-8-3-9-16-21;/h1,4-5,10-11,19,22H,2-3,6-9,12-17H2;1H/p-1. The van der Waals surface area contributed by atoms with Crippen LogP contribution >= 0.6 is 0 Å². The minimum Gasteiger partial charge on any atom is -1.00 e. The SMILES string of the molecule is OC(CCN1CCCCC1)(c1ccccc1)C1CCCCC1.[Cl-]. The Hall–Kier alpha value is -0.570. The highest BCUT2D eigenvalue weighted by atomic mass is 35.5.